The van der Waals surface area contributed by atoms with Gasteiger partial charge in [-0.3, -0.25) is 4.79 Å². The van der Waals surface area contributed by atoms with Crippen LogP contribution in [-0.4, -0.2) is 37.0 Å². The third-order valence-corrected chi connectivity index (χ3v) is 3.12. The zero-order chi connectivity index (χ0) is 15.1. The van der Waals surface area contributed by atoms with Crippen LogP contribution in [-0.2, 0) is 4.79 Å². The minimum Gasteiger partial charge on any atom is -0.491 e. The van der Waals surface area contributed by atoms with Crippen molar-refractivity contribution in [3.05, 3.63) is 18.2 Å². The van der Waals surface area contributed by atoms with E-state index in [1.165, 1.54) is 0 Å². The van der Waals surface area contributed by atoms with Crippen molar-refractivity contribution in [3.63, 3.8) is 0 Å². The number of nitrogen functional groups attached to an aromatic ring is 1. The summed E-state index contributed by atoms with van der Waals surface area (Å²) in [7, 11) is 1.78. The molecule has 1 amide bonds. The maximum Gasteiger partial charge on any atom is 0.244 e. The van der Waals surface area contributed by atoms with Crippen molar-refractivity contribution in [1.29, 1.82) is 0 Å². The lowest BCUT2D eigenvalue weighted by Crippen LogP contribution is -2.38. The Bertz CT molecular complexity index is 449. The first-order valence-electron chi connectivity index (χ1n) is 7.04. The van der Waals surface area contributed by atoms with E-state index in [1.54, 1.807) is 11.9 Å². The highest BCUT2D eigenvalue weighted by molar-refractivity contribution is 5.86. The van der Waals surface area contributed by atoms with E-state index < -0.39 is 0 Å². The molecule has 5 heteroatoms. The van der Waals surface area contributed by atoms with Crippen LogP contribution in [0.1, 0.15) is 27.2 Å². The molecule has 3 N–H and O–H groups in total. The van der Waals surface area contributed by atoms with Crippen molar-refractivity contribution >= 4 is 17.3 Å². The van der Waals surface area contributed by atoms with E-state index in [-0.39, 0.29) is 11.9 Å². The molecule has 0 fully saturated rings. The average molecular weight is 279 g/mol. The molecule has 0 aliphatic heterocycles. The minimum absolute atomic E-state index is 0.0341. The van der Waals surface area contributed by atoms with Gasteiger partial charge in [0.05, 0.1) is 18.0 Å². The molecule has 1 unspecified atom stereocenters. The maximum atomic E-state index is 12.0. The number of ether oxygens (including phenoxy) is 1. The van der Waals surface area contributed by atoms with Gasteiger partial charge in [-0.2, -0.15) is 0 Å². The molecular formula is C15H25N3O2. The van der Waals surface area contributed by atoms with Gasteiger partial charge < -0.3 is 20.7 Å². The summed E-state index contributed by atoms with van der Waals surface area (Å²) >= 11 is 0. The van der Waals surface area contributed by atoms with E-state index in [9.17, 15) is 4.79 Å². The molecule has 1 aromatic rings. The van der Waals surface area contributed by atoms with Crippen molar-refractivity contribution in [2.24, 2.45) is 0 Å². The summed E-state index contributed by atoms with van der Waals surface area (Å²) in [5.41, 5.74) is 7.34. The number of nitrogens with two attached hydrogens (primary N) is 1. The van der Waals surface area contributed by atoms with Crippen molar-refractivity contribution in [3.8, 4) is 5.75 Å². The number of nitrogens with zero attached hydrogens (tertiary/aromatic N) is 1. The van der Waals surface area contributed by atoms with Gasteiger partial charge in [-0.05, 0) is 32.4 Å². The van der Waals surface area contributed by atoms with Crippen LogP contribution < -0.4 is 15.8 Å². The average Bonchev–Trinajstić information content (AvgIpc) is 2.46. The van der Waals surface area contributed by atoms with Crippen LogP contribution in [0, 0.1) is 0 Å². The molecule has 1 atom stereocenters. The molecule has 0 saturated heterocycles. The van der Waals surface area contributed by atoms with Crippen molar-refractivity contribution in [1.82, 2.24) is 4.90 Å². The SMILES string of the molecule is CCCOc1cccc(NC(C)C(=O)N(C)CC)c1N. The predicted octanol–water partition coefficient (Wildman–Crippen LogP) is 2.34. The summed E-state index contributed by atoms with van der Waals surface area (Å²) in [6.45, 7) is 7.12. The lowest BCUT2D eigenvalue weighted by molar-refractivity contribution is -0.130. The highest BCUT2D eigenvalue weighted by Crippen LogP contribution is 2.30. The molecular weight excluding hydrogens is 254 g/mol. The second-order valence-electron chi connectivity index (χ2n) is 4.78. The molecule has 20 heavy (non-hydrogen) atoms. The standard InChI is InChI=1S/C15H25N3O2/c1-5-10-20-13-9-7-8-12(14(13)16)17-11(3)15(19)18(4)6-2/h7-9,11,17H,5-6,10,16H2,1-4H3. The van der Waals surface area contributed by atoms with Crippen LogP contribution in [0.25, 0.3) is 0 Å². The van der Waals surface area contributed by atoms with Gasteiger partial charge in [0.15, 0.2) is 0 Å². The lowest BCUT2D eigenvalue weighted by atomic mass is 10.2. The van der Waals surface area contributed by atoms with Crippen molar-refractivity contribution in [2.75, 3.05) is 31.2 Å². The number of hydrogen-bond acceptors (Lipinski definition) is 4. The summed E-state index contributed by atoms with van der Waals surface area (Å²) in [6.07, 6.45) is 0.924. The smallest absolute Gasteiger partial charge is 0.244 e. The first-order valence-corrected chi connectivity index (χ1v) is 7.04. The monoisotopic (exact) mass is 279 g/mol. The Morgan fingerprint density at radius 3 is 2.75 bits per heavy atom. The van der Waals surface area contributed by atoms with Crippen LogP contribution in [0.15, 0.2) is 18.2 Å². The van der Waals surface area contributed by atoms with Gasteiger partial charge in [0, 0.05) is 13.6 Å². The first kappa shape index (κ1) is 16.1. The van der Waals surface area contributed by atoms with Gasteiger partial charge in [0.1, 0.15) is 11.8 Å². The highest BCUT2D eigenvalue weighted by Gasteiger charge is 2.17. The molecule has 0 aromatic heterocycles. The van der Waals surface area contributed by atoms with E-state index in [2.05, 4.69) is 5.32 Å². The third-order valence-electron chi connectivity index (χ3n) is 3.12. The fourth-order valence-corrected chi connectivity index (χ4v) is 1.79. The Morgan fingerprint density at radius 1 is 1.45 bits per heavy atom. The van der Waals surface area contributed by atoms with E-state index in [1.807, 2.05) is 39.0 Å². The Morgan fingerprint density at radius 2 is 2.15 bits per heavy atom. The number of nitrogens with one attached hydrogen (secondary N) is 1. The number of benzene rings is 1. The number of amides is 1. The third kappa shape index (κ3) is 4.05. The molecule has 1 aromatic carbocycles. The zero-order valence-corrected chi connectivity index (χ0v) is 12.8. The molecule has 0 heterocycles. The number of likely N-dealkylation sites (N-methyl/N-ethyl adjacent to an activating group) is 1. The number of carbonyl (C=O) groups is 1. The minimum atomic E-state index is -0.330. The summed E-state index contributed by atoms with van der Waals surface area (Å²) in [6, 6.07) is 5.22. The first-order chi connectivity index (χ1) is 9.51. The molecule has 0 aliphatic rings. The van der Waals surface area contributed by atoms with E-state index in [0.717, 1.165) is 12.1 Å². The van der Waals surface area contributed by atoms with Crippen LogP contribution in [0.5, 0.6) is 5.75 Å². The maximum absolute atomic E-state index is 12.0. The highest BCUT2D eigenvalue weighted by atomic mass is 16.5. The summed E-state index contributed by atoms with van der Waals surface area (Å²) in [4.78, 5) is 13.7. The molecule has 112 valence electrons. The summed E-state index contributed by atoms with van der Waals surface area (Å²) in [5.74, 6) is 0.687. The topological polar surface area (TPSA) is 67.6 Å². The number of anilines is 2. The number of para-hydroxylation sites is 1. The normalized spacial score (nSPS) is 11.8. The number of hydrogen-bond donors (Lipinski definition) is 2. The number of rotatable bonds is 7. The van der Waals surface area contributed by atoms with Gasteiger partial charge in [-0.1, -0.05) is 13.0 Å². The van der Waals surface area contributed by atoms with Gasteiger partial charge in [0.25, 0.3) is 0 Å². The molecule has 0 bridgehead atoms. The Labute approximate surface area is 121 Å². The molecule has 1 rings (SSSR count). The predicted molar refractivity (Wildman–Crippen MR) is 83.0 cm³/mol. The van der Waals surface area contributed by atoms with Crippen LogP contribution in [0.3, 0.4) is 0 Å². The van der Waals surface area contributed by atoms with Crippen LogP contribution in [0.4, 0.5) is 11.4 Å². The summed E-state index contributed by atoms with van der Waals surface area (Å²) in [5, 5.41) is 3.15. The van der Waals surface area contributed by atoms with E-state index in [0.29, 0.717) is 24.6 Å². The molecule has 0 radical (unpaired) electrons. The molecule has 5 nitrogen and oxygen atoms in total. The zero-order valence-electron chi connectivity index (χ0n) is 12.8. The lowest BCUT2D eigenvalue weighted by Gasteiger charge is -2.22. The fourth-order valence-electron chi connectivity index (χ4n) is 1.79. The van der Waals surface area contributed by atoms with Crippen molar-refractivity contribution < 1.29 is 9.53 Å². The second-order valence-corrected chi connectivity index (χ2v) is 4.78. The molecule has 0 saturated carbocycles. The number of carbonyl (C=O) groups excluding carboxylic acids is 1. The van der Waals surface area contributed by atoms with Crippen LogP contribution >= 0.6 is 0 Å². The Hall–Kier alpha value is -1.91. The van der Waals surface area contributed by atoms with Gasteiger partial charge in [0.2, 0.25) is 5.91 Å². The quantitative estimate of drug-likeness (QED) is 0.752. The largest absolute Gasteiger partial charge is 0.491 e. The Balaban J connectivity index is 2.79. The van der Waals surface area contributed by atoms with E-state index in [4.69, 9.17) is 10.5 Å². The second kappa shape index (κ2) is 7.62. The van der Waals surface area contributed by atoms with E-state index >= 15 is 0 Å². The summed E-state index contributed by atoms with van der Waals surface area (Å²) < 4.78 is 5.58. The van der Waals surface area contributed by atoms with Gasteiger partial charge in [-0.15, -0.1) is 0 Å². The fraction of sp³-hybridized carbons (Fsp3) is 0.533. The van der Waals surface area contributed by atoms with Gasteiger partial charge in [-0.25, -0.2) is 0 Å². The molecule has 0 spiro atoms. The molecule has 0 aliphatic carbocycles. The van der Waals surface area contributed by atoms with Gasteiger partial charge >= 0.3 is 0 Å². The Kier molecular flexibility index (Phi) is 6.15. The van der Waals surface area contributed by atoms with Crippen LogP contribution in [0.2, 0.25) is 0 Å². The van der Waals surface area contributed by atoms with Crippen molar-refractivity contribution in [2.45, 2.75) is 33.2 Å².